The fourth-order valence-corrected chi connectivity index (χ4v) is 5.20. The highest BCUT2D eigenvalue weighted by molar-refractivity contribution is 5.95. The molecule has 1 aliphatic heterocycles. The van der Waals surface area contributed by atoms with Crippen LogP contribution in [0.3, 0.4) is 0 Å². The lowest BCUT2D eigenvalue weighted by atomic mass is 9.48. The van der Waals surface area contributed by atoms with Gasteiger partial charge in [0, 0.05) is 11.8 Å². The standard InChI is InChI=1S/C20H26O4/c1-12-10-15(21)17-19(2,3)8-5-9-20(17,4)14(12)7-6-13-11-16(22)24-18(13)23/h6-7,10-11,14,16-17,22H,5,8-9H2,1-4H3/b7-6+/t14-,16+,17-,20+/m0/s1. The van der Waals surface area contributed by atoms with E-state index in [1.807, 2.05) is 13.0 Å². The van der Waals surface area contributed by atoms with Crippen molar-refractivity contribution in [3.63, 3.8) is 0 Å². The maximum Gasteiger partial charge on any atom is 0.340 e. The first-order chi connectivity index (χ1) is 11.1. The van der Waals surface area contributed by atoms with Crippen molar-refractivity contribution in [3.8, 4) is 0 Å². The van der Waals surface area contributed by atoms with Gasteiger partial charge in [-0.25, -0.2) is 4.79 Å². The third-order valence-corrected chi connectivity index (χ3v) is 6.09. The van der Waals surface area contributed by atoms with Crippen LogP contribution in [0.2, 0.25) is 0 Å². The van der Waals surface area contributed by atoms with Gasteiger partial charge in [0.25, 0.3) is 0 Å². The molecule has 4 heteroatoms. The van der Waals surface area contributed by atoms with Gasteiger partial charge >= 0.3 is 5.97 Å². The number of esters is 1. The Bertz CT molecular complexity index is 667. The number of carbonyl (C=O) groups excluding carboxylic acids is 2. The molecular formula is C20H26O4. The lowest BCUT2D eigenvalue weighted by molar-refractivity contribution is -0.151. The Morgan fingerprint density at radius 2 is 1.96 bits per heavy atom. The first-order valence-electron chi connectivity index (χ1n) is 8.66. The van der Waals surface area contributed by atoms with E-state index < -0.39 is 12.3 Å². The van der Waals surface area contributed by atoms with Crippen molar-refractivity contribution in [1.82, 2.24) is 0 Å². The van der Waals surface area contributed by atoms with Crippen molar-refractivity contribution in [2.75, 3.05) is 0 Å². The lowest BCUT2D eigenvalue weighted by Gasteiger charge is -2.55. The monoisotopic (exact) mass is 330 g/mol. The van der Waals surface area contributed by atoms with Crippen molar-refractivity contribution in [1.29, 1.82) is 0 Å². The molecule has 130 valence electrons. The Kier molecular flexibility index (Phi) is 4.07. The number of ether oxygens (including phenoxy) is 1. The maximum absolute atomic E-state index is 12.7. The molecule has 0 unspecified atom stereocenters. The summed E-state index contributed by atoms with van der Waals surface area (Å²) in [5, 5.41) is 9.39. The highest BCUT2D eigenvalue weighted by Gasteiger charge is 2.54. The van der Waals surface area contributed by atoms with Gasteiger partial charge in [-0.3, -0.25) is 4.79 Å². The fraction of sp³-hybridized carbons (Fsp3) is 0.600. The highest BCUT2D eigenvalue weighted by atomic mass is 16.6. The van der Waals surface area contributed by atoms with E-state index in [0.29, 0.717) is 5.57 Å². The smallest absolute Gasteiger partial charge is 0.340 e. The summed E-state index contributed by atoms with van der Waals surface area (Å²) in [7, 11) is 0. The van der Waals surface area contributed by atoms with E-state index in [4.69, 9.17) is 4.74 Å². The molecule has 0 aromatic rings. The number of aliphatic hydroxyl groups excluding tert-OH is 1. The molecule has 0 spiro atoms. The second-order valence-electron chi connectivity index (χ2n) is 8.33. The summed E-state index contributed by atoms with van der Waals surface area (Å²) in [5.41, 5.74) is 1.26. The third kappa shape index (κ3) is 2.67. The Morgan fingerprint density at radius 3 is 2.58 bits per heavy atom. The first-order valence-corrected chi connectivity index (χ1v) is 8.66. The molecule has 0 aromatic carbocycles. The molecular weight excluding hydrogens is 304 g/mol. The molecule has 0 radical (unpaired) electrons. The largest absolute Gasteiger partial charge is 0.429 e. The molecule has 1 heterocycles. The molecule has 3 rings (SSSR count). The van der Waals surface area contributed by atoms with Crippen LogP contribution in [0.1, 0.15) is 47.0 Å². The van der Waals surface area contributed by atoms with Gasteiger partial charge in [-0.2, -0.15) is 0 Å². The second-order valence-corrected chi connectivity index (χ2v) is 8.33. The molecule has 1 saturated carbocycles. The van der Waals surface area contributed by atoms with Crippen LogP contribution in [0.4, 0.5) is 0 Å². The molecule has 0 amide bonds. The predicted molar refractivity (Wildman–Crippen MR) is 90.8 cm³/mol. The summed E-state index contributed by atoms with van der Waals surface area (Å²) in [6.45, 7) is 8.58. The molecule has 0 aromatic heterocycles. The number of rotatable bonds is 2. The number of hydrogen-bond donors (Lipinski definition) is 1. The van der Waals surface area contributed by atoms with E-state index in [9.17, 15) is 14.7 Å². The zero-order valence-electron chi connectivity index (χ0n) is 14.8. The molecule has 1 fully saturated rings. The molecule has 1 N–H and O–H groups in total. The second kappa shape index (κ2) is 5.69. The van der Waals surface area contributed by atoms with E-state index >= 15 is 0 Å². The van der Waals surface area contributed by atoms with Crippen molar-refractivity contribution in [2.24, 2.45) is 22.7 Å². The van der Waals surface area contributed by atoms with Crippen molar-refractivity contribution in [2.45, 2.75) is 53.2 Å². The summed E-state index contributed by atoms with van der Waals surface area (Å²) >= 11 is 0. The Hall–Kier alpha value is -1.68. The Labute approximate surface area is 143 Å². The summed E-state index contributed by atoms with van der Waals surface area (Å²) in [5.74, 6) is -0.171. The fourth-order valence-electron chi connectivity index (χ4n) is 5.20. The van der Waals surface area contributed by atoms with E-state index in [1.54, 1.807) is 12.2 Å². The maximum atomic E-state index is 12.7. The van der Waals surface area contributed by atoms with Crippen LogP contribution in [-0.2, 0) is 14.3 Å². The zero-order valence-corrected chi connectivity index (χ0v) is 14.8. The van der Waals surface area contributed by atoms with E-state index in [1.165, 1.54) is 6.08 Å². The van der Waals surface area contributed by atoms with E-state index in [0.717, 1.165) is 24.8 Å². The Balaban J connectivity index is 1.97. The van der Waals surface area contributed by atoms with Gasteiger partial charge in [0.15, 0.2) is 5.78 Å². The number of cyclic esters (lactones) is 1. The number of carbonyl (C=O) groups is 2. The van der Waals surface area contributed by atoms with Crippen LogP contribution >= 0.6 is 0 Å². The predicted octanol–water partition coefficient (Wildman–Crippen LogP) is 3.32. The number of ketones is 1. The topological polar surface area (TPSA) is 63.6 Å². The summed E-state index contributed by atoms with van der Waals surface area (Å²) in [6.07, 6.45) is 8.96. The number of fused-ring (bicyclic) bond motifs is 1. The van der Waals surface area contributed by atoms with Gasteiger partial charge in [0.1, 0.15) is 0 Å². The number of hydrogen-bond acceptors (Lipinski definition) is 4. The average Bonchev–Trinajstić information content (AvgIpc) is 2.74. The van der Waals surface area contributed by atoms with Crippen molar-refractivity contribution in [3.05, 3.63) is 35.5 Å². The first kappa shape index (κ1) is 17.2. The minimum Gasteiger partial charge on any atom is -0.429 e. The van der Waals surface area contributed by atoms with Gasteiger partial charge in [-0.1, -0.05) is 44.9 Å². The van der Waals surface area contributed by atoms with Gasteiger partial charge in [-0.15, -0.1) is 0 Å². The summed E-state index contributed by atoms with van der Waals surface area (Å²) in [4.78, 5) is 24.4. The normalized spacial score (nSPS) is 38.6. The van der Waals surface area contributed by atoms with Gasteiger partial charge in [0.2, 0.25) is 6.29 Å². The van der Waals surface area contributed by atoms with Gasteiger partial charge in [0.05, 0.1) is 5.57 Å². The van der Waals surface area contributed by atoms with Gasteiger partial charge < -0.3 is 9.84 Å². The van der Waals surface area contributed by atoms with Crippen LogP contribution in [0, 0.1) is 22.7 Å². The molecule has 2 aliphatic carbocycles. The van der Waals surface area contributed by atoms with Crippen LogP contribution in [-0.4, -0.2) is 23.1 Å². The summed E-state index contributed by atoms with van der Waals surface area (Å²) < 4.78 is 4.73. The zero-order chi connectivity index (χ0) is 17.7. The van der Waals surface area contributed by atoms with E-state index in [2.05, 4.69) is 20.8 Å². The van der Waals surface area contributed by atoms with Crippen LogP contribution in [0.15, 0.2) is 35.5 Å². The quantitative estimate of drug-likeness (QED) is 0.789. The number of allylic oxidation sites excluding steroid dienone is 3. The molecule has 4 atom stereocenters. The van der Waals surface area contributed by atoms with Gasteiger partial charge in [-0.05, 0) is 42.7 Å². The van der Waals surface area contributed by atoms with Crippen LogP contribution in [0.25, 0.3) is 0 Å². The SMILES string of the molecule is CC1=CC(=O)[C@H]2C(C)(C)CCC[C@]2(C)[C@H]1/C=C/C1=C[C@H](O)OC1=O. The molecule has 3 aliphatic rings. The molecule has 0 saturated heterocycles. The van der Waals surface area contributed by atoms with Crippen molar-refractivity contribution >= 4 is 11.8 Å². The number of aliphatic hydroxyl groups is 1. The Morgan fingerprint density at radius 1 is 1.25 bits per heavy atom. The minimum absolute atomic E-state index is 0.00722. The average molecular weight is 330 g/mol. The lowest BCUT2D eigenvalue weighted by Crippen LogP contribution is -2.52. The summed E-state index contributed by atoms with van der Waals surface area (Å²) in [6, 6.07) is 0. The van der Waals surface area contributed by atoms with E-state index in [-0.39, 0.29) is 28.4 Å². The van der Waals surface area contributed by atoms with Crippen molar-refractivity contribution < 1.29 is 19.4 Å². The highest BCUT2D eigenvalue weighted by Crippen LogP contribution is 2.58. The molecule has 0 bridgehead atoms. The minimum atomic E-state index is -1.15. The third-order valence-electron chi connectivity index (χ3n) is 6.09. The molecule has 4 nitrogen and oxygen atoms in total. The van der Waals surface area contributed by atoms with Crippen LogP contribution in [0.5, 0.6) is 0 Å². The molecule has 24 heavy (non-hydrogen) atoms. The van der Waals surface area contributed by atoms with Crippen LogP contribution < -0.4 is 0 Å².